The highest BCUT2D eigenvalue weighted by atomic mass is 15.2. The fourth-order valence-electron chi connectivity index (χ4n) is 6.99. The van der Waals surface area contributed by atoms with Crippen molar-refractivity contribution in [2.45, 2.75) is 45.4 Å². The Morgan fingerprint density at radius 2 is 1.35 bits per heavy atom. The van der Waals surface area contributed by atoms with Crippen LogP contribution in [0.25, 0.3) is 16.7 Å². The number of rotatable bonds is 6. The lowest BCUT2D eigenvalue weighted by Gasteiger charge is -2.35. The zero-order chi connectivity index (χ0) is 29.4. The highest BCUT2D eigenvalue weighted by Gasteiger charge is 2.32. The topological polar surface area (TPSA) is 3.24 Å². The number of hydrogen-bond acceptors (Lipinski definition) is 1. The summed E-state index contributed by atoms with van der Waals surface area (Å²) in [6, 6.07) is 39.6. The van der Waals surface area contributed by atoms with Crippen molar-refractivity contribution in [3.05, 3.63) is 173 Å². The summed E-state index contributed by atoms with van der Waals surface area (Å²) in [5.41, 5.74) is 14.8. The van der Waals surface area contributed by atoms with Crippen molar-refractivity contribution in [1.82, 2.24) is 0 Å². The van der Waals surface area contributed by atoms with Crippen LogP contribution in [0.15, 0.2) is 151 Å². The molecule has 212 valence electrons. The van der Waals surface area contributed by atoms with Crippen molar-refractivity contribution in [2.75, 3.05) is 4.90 Å². The summed E-state index contributed by atoms with van der Waals surface area (Å²) in [6.45, 7) is 7.06. The smallest absolute Gasteiger partial charge is 0.0536 e. The van der Waals surface area contributed by atoms with Crippen LogP contribution in [0.1, 0.15) is 62.3 Å². The molecule has 1 heteroatoms. The number of para-hydroxylation sites is 1. The predicted molar refractivity (Wildman–Crippen MR) is 184 cm³/mol. The molecule has 4 aromatic rings. The van der Waals surface area contributed by atoms with Gasteiger partial charge in [-0.1, -0.05) is 136 Å². The van der Waals surface area contributed by atoms with E-state index in [-0.39, 0.29) is 5.41 Å². The summed E-state index contributed by atoms with van der Waals surface area (Å²) in [6.07, 6.45) is 14.9. The molecule has 3 aliphatic rings. The molecule has 0 heterocycles. The van der Waals surface area contributed by atoms with Gasteiger partial charge in [0.1, 0.15) is 0 Å². The second kappa shape index (κ2) is 11.2. The van der Waals surface area contributed by atoms with Gasteiger partial charge >= 0.3 is 0 Å². The molecule has 0 bridgehead atoms. The Hall–Kier alpha value is -4.62. The van der Waals surface area contributed by atoms with Crippen molar-refractivity contribution in [1.29, 1.82) is 0 Å². The quantitative estimate of drug-likeness (QED) is 0.228. The second-order valence-corrected chi connectivity index (χ2v) is 13.0. The molecule has 1 atom stereocenters. The van der Waals surface area contributed by atoms with Gasteiger partial charge in [-0.15, -0.1) is 0 Å². The molecule has 0 saturated carbocycles. The average molecular weight is 558 g/mol. The minimum Gasteiger partial charge on any atom is -0.313 e. The molecule has 0 saturated heterocycles. The monoisotopic (exact) mass is 557 g/mol. The molecule has 3 aliphatic carbocycles. The van der Waals surface area contributed by atoms with Gasteiger partial charge in [0, 0.05) is 23.4 Å². The number of fused-ring (bicyclic) bond motifs is 1. The van der Waals surface area contributed by atoms with Crippen molar-refractivity contribution in [3.63, 3.8) is 0 Å². The van der Waals surface area contributed by atoms with Crippen molar-refractivity contribution in [3.8, 4) is 0 Å². The molecule has 1 unspecified atom stereocenters. The molecule has 1 nitrogen and oxygen atoms in total. The summed E-state index contributed by atoms with van der Waals surface area (Å²) in [7, 11) is 0. The molecule has 0 amide bonds. The average Bonchev–Trinajstić information content (AvgIpc) is 3.72. The van der Waals surface area contributed by atoms with Gasteiger partial charge < -0.3 is 4.90 Å². The largest absolute Gasteiger partial charge is 0.313 e. The molecule has 0 N–H and O–H groups in total. The maximum atomic E-state index is 2.52. The fraction of sp³-hybridized carbons (Fsp3) is 0.190. The van der Waals surface area contributed by atoms with Gasteiger partial charge in [-0.3, -0.25) is 0 Å². The first-order valence-corrected chi connectivity index (χ1v) is 15.6. The van der Waals surface area contributed by atoms with Crippen LogP contribution < -0.4 is 4.90 Å². The molecule has 0 radical (unpaired) electrons. The van der Waals surface area contributed by atoms with E-state index in [0.717, 1.165) is 19.3 Å². The summed E-state index contributed by atoms with van der Waals surface area (Å²) < 4.78 is 0. The van der Waals surface area contributed by atoms with E-state index in [9.17, 15) is 0 Å². The number of allylic oxidation sites excluding steroid dienone is 9. The van der Waals surface area contributed by atoms with E-state index in [1.165, 1.54) is 61.6 Å². The van der Waals surface area contributed by atoms with E-state index >= 15 is 0 Å². The lowest BCUT2D eigenvalue weighted by Crippen LogP contribution is -2.22. The van der Waals surface area contributed by atoms with E-state index in [1.54, 1.807) is 0 Å². The van der Waals surface area contributed by atoms with E-state index in [4.69, 9.17) is 0 Å². The Bertz CT molecular complexity index is 1790. The zero-order valence-electron chi connectivity index (χ0n) is 25.4. The zero-order valence-corrected chi connectivity index (χ0v) is 25.4. The highest BCUT2D eigenvalue weighted by molar-refractivity contribution is 5.95. The first-order chi connectivity index (χ1) is 21.0. The Balaban J connectivity index is 1.41. The summed E-state index contributed by atoms with van der Waals surface area (Å²) in [4.78, 5) is 2.52. The van der Waals surface area contributed by atoms with Crippen LogP contribution in [-0.4, -0.2) is 0 Å². The summed E-state index contributed by atoms with van der Waals surface area (Å²) in [5, 5.41) is 0. The Morgan fingerprint density at radius 1 is 0.674 bits per heavy atom. The van der Waals surface area contributed by atoms with Gasteiger partial charge in [0.25, 0.3) is 0 Å². The molecule has 0 fully saturated rings. The third kappa shape index (κ3) is 5.25. The predicted octanol–water partition coefficient (Wildman–Crippen LogP) is 11.3. The molecule has 43 heavy (non-hydrogen) atoms. The van der Waals surface area contributed by atoms with Gasteiger partial charge in [0.15, 0.2) is 0 Å². The molecule has 0 spiro atoms. The lowest BCUT2D eigenvalue weighted by atomic mass is 9.75. The molecule has 4 aromatic carbocycles. The molecule has 0 aromatic heterocycles. The van der Waals surface area contributed by atoms with Gasteiger partial charge in [-0.25, -0.2) is 0 Å². The molecular weight excluding hydrogens is 518 g/mol. The van der Waals surface area contributed by atoms with E-state index in [0.29, 0.717) is 5.92 Å². The van der Waals surface area contributed by atoms with Crippen LogP contribution in [0.3, 0.4) is 0 Å². The van der Waals surface area contributed by atoms with E-state index in [1.807, 2.05) is 0 Å². The number of benzene rings is 4. The first kappa shape index (κ1) is 27.2. The maximum absolute atomic E-state index is 2.52. The van der Waals surface area contributed by atoms with Crippen LogP contribution in [0.2, 0.25) is 0 Å². The minimum absolute atomic E-state index is 0.0170. The third-order valence-electron chi connectivity index (χ3n) is 9.05. The van der Waals surface area contributed by atoms with Crippen LogP contribution in [0.4, 0.5) is 11.4 Å². The van der Waals surface area contributed by atoms with Crippen molar-refractivity contribution >= 4 is 28.1 Å². The minimum atomic E-state index is -0.0170. The van der Waals surface area contributed by atoms with Crippen LogP contribution in [0, 0.1) is 5.92 Å². The Morgan fingerprint density at radius 3 is 2.05 bits per heavy atom. The fourth-order valence-corrected chi connectivity index (χ4v) is 6.99. The van der Waals surface area contributed by atoms with E-state index < -0.39 is 0 Å². The second-order valence-electron chi connectivity index (χ2n) is 13.0. The van der Waals surface area contributed by atoms with Crippen molar-refractivity contribution < 1.29 is 0 Å². The molecule has 7 rings (SSSR count). The number of anilines is 2. The number of hydrogen-bond donors (Lipinski definition) is 0. The van der Waals surface area contributed by atoms with Gasteiger partial charge in [0.2, 0.25) is 0 Å². The standard InChI is InChI=1S/C42H39N/c1-42(2,3)39-23-14-24-40(41(39)34-27-33-19-13-22-37(33)38(29-34)31-17-9-5-10-18-31)43(35-20-11-6-12-21-35)36-26-25-32(28-36)30-15-7-4-8-16-30/h4-18,20-26,29,33H,19,27-28H2,1-3H3. The maximum Gasteiger partial charge on any atom is 0.0536 e. The summed E-state index contributed by atoms with van der Waals surface area (Å²) in [5.74, 6) is 0.512. The van der Waals surface area contributed by atoms with Crippen LogP contribution in [-0.2, 0) is 5.41 Å². The molecular formula is C42H39N. The number of nitrogens with zero attached hydrogens (tertiary/aromatic N) is 1. The van der Waals surface area contributed by atoms with Gasteiger partial charge in [-0.2, -0.15) is 0 Å². The van der Waals surface area contributed by atoms with Gasteiger partial charge in [0.05, 0.1) is 5.69 Å². The Kier molecular flexibility index (Phi) is 7.11. The highest BCUT2D eigenvalue weighted by Crippen LogP contribution is 2.50. The third-order valence-corrected chi connectivity index (χ3v) is 9.05. The normalized spacial score (nSPS) is 17.8. The lowest BCUT2D eigenvalue weighted by molar-refractivity contribution is 0.586. The van der Waals surface area contributed by atoms with Crippen LogP contribution in [0.5, 0.6) is 0 Å². The van der Waals surface area contributed by atoms with Crippen LogP contribution >= 0.6 is 0 Å². The first-order valence-electron chi connectivity index (χ1n) is 15.6. The van der Waals surface area contributed by atoms with Gasteiger partial charge in [-0.05, 0) is 87.4 Å². The van der Waals surface area contributed by atoms with E-state index in [2.05, 4.69) is 165 Å². The molecule has 0 aliphatic heterocycles. The van der Waals surface area contributed by atoms with Crippen molar-refractivity contribution in [2.24, 2.45) is 5.92 Å². The SMILES string of the molecule is CC(C)(C)c1cccc(N(C2=CC=C(c3ccccc3)C2)c2ccccc2)c1C1=CC(c2ccccc2)=C2C=CCC2C1. The Labute approximate surface area is 256 Å². The summed E-state index contributed by atoms with van der Waals surface area (Å²) >= 11 is 0.